The van der Waals surface area contributed by atoms with Crippen molar-refractivity contribution in [3.05, 3.63) is 48.0 Å². The smallest absolute Gasteiger partial charge is 0.338 e. The standard InChI is InChI=1S/C15H18O5/c1-3-14(17)20-12(10-16)8-9-19-15(18)13-7-5-4-6-11(13)2/h3-7,12,16H,1,8-10H2,2H3. The van der Waals surface area contributed by atoms with Gasteiger partial charge in [0.15, 0.2) is 0 Å². The number of carbonyl (C=O) groups excluding carboxylic acids is 2. The van der Waals surface area contributed by atoms with Crippen LogP contribution in [-0.2, 0) is 14.3 Å². The van der Waals surface area contributed by atoms with Gasteiger partial charge in [-0.2, -0.15) is 0 Å². The van der Waals surface area contributed by atoms with Gasteiger partial charge in [0.25, 0.3) is 0 Å². The van der Waals surface area contributed by atoms with E-state index in [-0.39, 0.29) is 19.6 Å². The van der Waals surface area contributed by atoms with E-state index >= 15 is 0 Å². The molecule has 1 unspecified atom stereocenters. The normalized spacial score (nSPS) is 11.5. The molecule has 0 amide bonds. The lowest BCUT2D eigenvalue weighted by atomic mass is 10.1. The molecule has 0 aliphatic heterocycles. The van der Waals surface area contributed by atoms with Crippen LogP contribution >= 0.6 is 0 Å². The number of aliphatic hydroxyl groups excluding tert-OH is 1. The molecule has 1 rings (SSSR count). The van der Waals surface area contributed by atoms with E-state index in [1.165, 1.54) is 0 Å². The fourth-order valence-corrected chi connectivity index (χ4v) is 1.56. The maximum absolute atomic E-state index is 11.8. The third-order valence-corrected chi connectivity index (χ3v) is 2.69. The summed E-state index contributed by atoms with van der Waals surface area (Å²) in [6, 6.07) is 7.09. The molecule has 0 aliphatic carbocycles. The van der Waals surface area contributed by atoms with E-state index in [1.807, 2.05) is 19.1 Å². The number of ether oxygens (including phenoxy) is 2. The monoisotopic (exact) mass is 278 g/mol. The Labute approximate surface area is 117 Å². The maximum Gasteiger partial charge on any atom is 0.338 e. The Bertz CT molecular complexity index is 481. The number of aryl methyl sites for hydroxylation is 1. The molecule has 1 aromatic carbocycles. The summed E-state index contributed by atoms with van der Waals surface area (Å²) in [4.78, 5) is 22.8. The lowest BCUT2D eigenvalue weighted by molar-refractivity contribution is -0.145. The maximum atomic E-state index is 11.8. The third kappa shape index (κ3) is 4.85. The van der Waals surface area contributed by atoms with Crippen LogP contribution in [0.1, 0.15) is 22.3 Å². The Morgan fingerprint density at radius 3 is 2.70 bits per heavy atom. The van der Waals surface area contributed by atoms with Gasteiger partial charge in [-0.3, -0.25) is 0 Å². The van der Waals surface area contributed by atoms with E-state index < -0.39 is 18.0 Å². The summed E-state index contributed by atoms with van der Waals surface area (Å²) in [5.74, 6) is -1.05. The molecule has 0 aliphatic rings. The van der Waals surface area contributed by atoms with Gasteiger partial charge >= 0.3 is 11.9 Å². The quantitative estimate of drug-likeness (QED) is 0.606. The molecule has 1 N–H and O–H groups in total. The average molecular weight is 278 g/mol. The number of benzene rings is 1. The van der Waals surface area contributed by atoms with E-state index in [1.54, 1.807) is 12.1 Å². The Morgan fingerprint density at radius 2 is 2.10 bits per heavy atom. The molecule has 5 heteroatoms. The molecule has 108 valence electrons. The molecule has 0 radical (unpaired) electrons. The highest BCUT2D eigenvalue weighted by atomic mass is 16.6. The van der Waals surface area contributed by atoms with Crippen LogP contribution in [0.3, 0.4) is 0 Å². The van der Waals surface area contributed by atoms with Crippen molar-refractivity contribution in [1.82, 2.24) is 0 Å². The van der Waals surface area contributed by atoms with Gasteiger partial charge < -0.3 is 14.6 Å². The first kappa shape index (κ1) is 15.9. The van der Waals surface area contributed by atoms with E-state index in [0.29, 0.717) is 5.56 Å². The van der Waals surface area contributed by atoms with E-state index in [0.717, 1.165) is 11.6 Å². The van der Waals surface area contributed by atoms with Gasteiger partial charge in [0.05, 0.1) is 18.8 Å². The Hall–Kier alpha value is -2.14. The van der Waals surface area contributed by atoms with Crippen LogP contribution in [0.4, 0.5) is 0 Å². The molecular formula is C15H18O5. The molecule has 0 aromatic heterocycles. The summed E-state index contributed by atoms with van der Waals surface area (Å²) in [6.45, 7) is 4.81. The molecule has 0 heterocycles. The zero-order valence-corrected chi connectivity index (χ0v) is 11.4. The second kappa shape index (κ2) is 8.12. The number of hydrogen-bond acceptors (Lipinski definition) is 5. The second-order valence-electron chi connectivity index (χ2n) is 4.19. The van der Waals surface area contributed by atoms with Gasteiger partial charge in [0.1, 0.15) is 6.10 Å². The summed E-state index contributed by atoms with van der Waals surface area (Å²) < 4.78 is 9.95. The molecule has 0 bridgehead atoms. The molecular weight excluding hydrogens is 260 g/mol. The minimum Gasteiger partial charge on any atom is -0.462 e. The highest BCUT2D eigenvalue weighted by molar-refractivity contribution is 5.90. The van der Waals surface area contributed by atoms with Crippen molar-refractivity contribution in [3.8, 4) is 0 Å². The molecule has 0 saturated carbocycles. The molecule has 0 spiro atoms. The molecule has 0 saturated heterocycles. The Balaban J connectivity index is 2.43. The van der Waals surface area contributed by atoms with Crippen molar-refractivity contribution in [1.29, 1.82) is 0 Å². The van der Waals surface area contributed by atoms with Gasteiger partial charge in [-0.05, 0) is 18.6 Å². The molecule has 1 atom stereocenters. The zero-order chi connectivity index (χ0) is 15.0. The largest absolute Gasteiger partial charge is 0.462 e. The Morgan fingerprint density at radius 1 is 1.40 bits per heavy atom. The average Bonchev–Trinajstić information content (AvgIpc) is 2.46. The highest BCUT2D eigenvalue weighted by Crippen LogP contribution is 2.09. The minimum atomic E-state index is -0.704. The number of aliphatic hydroxyl groups is 1. The fraction of sp³-hybridized carbons (Fsp3) is 0.333. The highest BCUT2D eigenvalue weighted by Gasteiger charge is 2.14. The predicted octanol–water partition coefficient (Wildman–Crippen LogP) is 1.63. The fourth-order valence-electron chi connectivity index (χ4n) is 1.56. The van der Waals surface area contributed by atoms with Crippen LogP contribution in [0, 0.1) is 6.92 Å². The molecule has 1 aromatic rings. The number of hydrogen-bond donors (Lipinski definition) is 1. The molecule has 5 nitrogen and oxygen atoms in total. The van der Waals surface area contributed by atoms with Gasteiger partial charge in [-0.15, -0.1) is 0 Å². The predicted molar refractivity (Wildman–Crippen MR) is 73.2 cm³/mol. The second-order valence-corrected chi connectivity index (χ2v) is 4.19. The van der Waals surface area contributed by atoms with Crippen LogP contribution in [0.5, 0.6) is 0 Å². The topological polar surface area (TPSA) is 72.8 Å². The van der Waals surface area contributed by atoms with Crippen LogP contribution in [0.15, 0.2) is 36.9 Å². The summed E-state index contributed by atoms with van der Waals surface area (Å²) >= 11 is 0. The first-order chi connectivity index (χ1) is 9.58. The van der Waals surface area contributed by atoms with Gasteiger partial charge in [0, 0.05) is 12.5 Å². The summed E-state index contributed by atoms with van der Waals surface area (Å²) in [5, 5.41) is 9.04. The van der Waals surface area contributed by atoms with Crippen LogP contribution in [0.25, 0.3) is 0 Å². The van der Waals surface area contributed by atoms with Crippen LogP contribution in [0.2, 0.25) is 0 Å². The van der Waals surface area contributed by atoms with Crippen molar-refractivity contribution in [3.63, 3.8) is 0 Å². The van der Waals surface area contributed by atoms with Crippen molar-refractivity contribution >= 4 is 11.9 Å². The summed E-state index contributed by atoms with van der Waals surface area (Å²) in [6.07, 6.45) is 0.542. The van der Waals surface area contributed by atoms with E-state index in [2.05, 4.69) is 6.58 Å². The van der Waals surface area contributed by atoms with Crippen molar-refractivity contribution in [2.45, 2.75) is 19.4 Å². The Kier molecular flexibility index (Phi) is 6.46. The van der Waals surface area contributed by atoms with Gasteiger partial charge in [-0.25, -0.2) is 9.59 Å². The van der Waals surface area contributed by atoms with E-state index in [9.17, 15) is 9.59 Å². The molecule has 20 heavy (non-hydrogen) atoms. The first-order valence-corrected chi connectivity index (χ1v) is 6.25. The summed E-state index contributed by atoms with van der Waals surface area (Å²) in [7, 11) is 0. The first-order valence-electron chi connectivity index (χ1n) is 6.25. The number of carbonyl (C=O) groups is 2. The lowest BCUT2D eigenvalue weighted by Gasteiger charge is -2.14. The van der Waals surface area contributed by atoms with Gasteiger partial charge in [0.2, 0.25) is 0 Å². The zero-order valence-electron chi connectivity index (χ0n) is 11.4. The van der Waals surface area contributed by atoms with Crippen molar-refractivity contribution < 1.29 is 24.2 Å². The van der Waals surface area contributed by atoms with Crippen molar-refractivity contribution in [2.75, 3.05) is 13.2 Å². The van der Waals surface area contributed by atoms with Crippen LogP contribution < -0.4 is 0 Å². The lowest BCUT2D eigenvalue weighted by Crippen LogP contribution is -2.23. The minimum absolute atomic E-state index is 0.0584. The van der Waals surface area contributed by atoms with E-state index in [4.69, 9.17) is 14.6 Å². The van der Waals surface area contributed by atoms with Crippen LogP contribution in [-0.4, -0.2) is 36.4 Å². The summed E-state index contributed by atoms with van der Waals surface area (Å²) in [5.41, 5.74) is 1.32. The van der Waals surface area contributed by atoms with Crippen molar-refractivity contribution in [2.24, 2.45) is 0 Å². The third-order valence-electron chi connectivity index (χ3n) is 2.69. The SMILES string of the molecule is C=CC(=O)OC(CO)CCOC(=O)c1ccccc1C. The molecule has 0 fully saturated rings. The van der Waals surface area contributed by atoms with Gasteiger partial charge in [-0.1, -0.05) is 24.8 Å². The number of rotatable bonds is 7. The number of esters is 2.